The van der Waals surface area contributed by atoms with Gasteiger partial charge in [-0.2, -0.15) is 0 Å². The van der Waals surface area contributed by atoms with Crippen LogP contribution < -0.4 is 10.0 Å². The first kappa shape index (κ1) is 15.9. The molecule has 0 amide bonds. The standard InChI is InChI=1S/C15H14ClN3O3S/c16-11-3-5-12(6-4-11)19-9-14(20)18-15(19)10-1-7-13(8-2-10)23(17,21)22/h1-8,14,20H,9H2,(H2,17,21,22). The van der Waals surface area contributed by atoms with Gasteiger partial charge in [-0.25, -0.2) is 18.5 Å². The number of benzene rings is 2. The van der Waals surface area contributed by atoms with Crippen molar-refractivity contribution in [3.8, 4) is 0 Å². The summed E-state index contributed by atoms with van der Waals surface area (Å²) in [7, 11) is -3.74. The second-order valence-electron chi connectivity index (χ2n) is 5.09. The molecule has 1 heterocycles. The molecule has 8 heteroatoms. The maximum Gasteiger partial charge on any atom is 0.238 e. The summed E-state index contributed by atoms with van der Waals surface area (Å²) in [5.74, 6) is 0.556. The van der Waals surface area contributed by atoms with Gasteiger partial charge in [-0.05, 0) is 48.5 Å². The lowest BCUT2D eigenvalue weighted by Gasteiger charge is -2.21. The SMILES string of the molecule is NS(=O)(=O)c1ccc(C2=NC(O)CN2c2ccc(Cl)cc2)cc1. The molecular weight excluding hydrogens is 338 g/mol. The number of aliphatic hydroxyl groups is 1. The van der Waals surface area contributed by atoms with Crippen molar-refractivity contribution in [3.63, 3.8) is 0 Å². The van der Waals surface area contributed by atoms with Crippen molar-refractivity contribution in [1.29, 1.82) is 0 Å². The Kier molecular flexibility index (Phi) is 4.11. The second kappa shape index (κ2) is 5.93. The third-order valence-corrected chi connectivity index (χ3v) is 4.63. The van der Waals surface area contributed by atoms with Gasteiger partial charge >= 0.3 is 0 Å². The van der Waals surface area contributed by atoms with Gasteiger partial charge in [0.05, 0.1) is 11.4 Å². The molecule has 3 N–H and O–H groups in total. The lowest BCUT2D eigenvalue weighted by molar-refractivity contribution is 0.202. The number of anilines is 1. The van der Waals surface area contributed by atoms with E-state index in [0.29, 0.717) is 23.0 Å². The fourth-order valence-corrected chi connectivity index (χ4v) is 3.02. The minimum absolute atomic E-state index is 0.0263. The Balaban J connectivity index is 1.96. The Morgan fingerprint density at radius 1 is 1.13 bits per heavy atom. The highest BCUT2D eigenvalue weighted by molar-refractivity contribution is 7.89. The van der Waals surface area contributed by atoms with Crippen LogP contribution >= 0.6 is 11.6 Å². The number of nitrogens with zero attached hydrogens (tertiary/aromatic N) is 2. The highest BCUT2D eigenvalue weighted by atomic mass is 35.5. The number of aliphatic hydroxyl groups excluding tert-OH is 1. The third kappa shape index (κ3) is 3.37. The minimum atomic E-state index is -3.74. The predicted octanol–water partition coefficient (Wildman–Crippen LogP) is 1.57. The van der Waals surface area contributed by atoms with Crippen LogP contribution in [0.4, 0.5) is 5.69 Å². The fraction of sp³-hybridized carbons (Fsp3) is 0.133. The molecule has 23 heavy (non-hydrogen) atoms. The van der Waals surface area contributed by atoms with Gasteiger partial charge in [0, 0.05) is 16.3 Å². The number of hydrogen-bond donors (Lipinski definition) is 2. The van der Waals surface area contributed by atoms with Gasteiger partial charge in [0.1, 0.15) is 5.84 Å². The summed E-state index contributed by atoms with van der Waals surface area (Å²) in [4.78, 5) is 6.08. The molecule has 1 unspecified atom stereocenters. The van der Waals surface area contributed by atoms with Crippen LogP contribution in [0.5, 0.6) is 0 Å². The topological polar surface area (TPSA) is 96.0 Å². The van der Waals surface area contributed by atoms with Gasteiger partial charge in [-0.15, -0.1) is 0 Å². The number of nitrogens with two attached hydrogens (primary N) is 1. The molecule has 0 aromatic heterocycles. The van der Waals surface area contributed by atoms with Crippen molar-refractivity contribution in [2.45, 2.75) is 11.1 Å². The molecule has 1 atom stereocenters. The number of halogens is 1. The summed E-state index contributed by atoms with van der Waals surface area (Å²) in [6, 6.07) is 13.2. The molecule has 0 bridgehead atoms. The molecule has 0 fully saturated rings. The molecule has 0 spiro atoms. The number of aliphatic imine (C=N–C) groups is 1. The Labute approximate surface area is 138 Å². The molecule has 0 saturated carbocycles. The number of rotatable bonds is 3. The maximum atomic E-state index is 11.3. The first-order chi connectivity index (χ1) is 10.8. The van der Waals surface area contributed by atoms with Gasteiger partial charge in [0.15, 0.2) is 6.23 Å². The number of amidine groups is 1. The maximum absolute atomic E-state index is 11.3. The van der Waals surface area contributed by atoms with E-state index in [1.165, 1.54) is 12.1 Å². The average molecular weight is 352 g/mol. The van der Waals surface area contributed by atoms with Gasteiger partial charge in [-0.1, -0.05) is 11.6 Å². The van der Waals surface area contributed by atoms with Crippen molar-refractivity contribution in [3.05, 3.63) is 59.1 Å². The lowest BCUT2D eigenvalue weighted by atomic mass is 10.2. The van der Waals surface area contributed by atoms with Gasteiger partial charge in [0.25, 0.3) is 0 Å². The van der Waals surface area contributed by atoms with Gasteiger partial charge in [-0.3, -0.25) is 0 Å². The van der Waals surface area contributed by atoms with E-state index in [-0.39, 0.29) is 4.90 Å². The smallest absolute Gasteiger partial charge is 0.238 e. The summed E-state index contributed by atoms with van der Waals surface area (Å²) in [6.45, 7) is 0.313. The molecule has 6 nitrogen and oxygen atoms in total. The van der Waals surface area contributed by atoms with Crippen LogP contribution in [0.1, 0.15) is 5.56 Å². The zero-order valence-corrected chi connectivity index (χ0v) is 13.5. The fourth-order valence-electron chi connectivity index (χ4n) is 2.37. The Morgan fingerprint density at radius 3 is 2.30 bits per heavy atom. The van der Waals surface area contributed by atoms with Crippen LogP contribution in [0.2, 0.25) is 5.02 Å². The van der Waals surface area contributed by atoms with Crippen LogP contribution in [0, 0.1) is 0 Å². The summed E-state index contributed by atoms with van der Waals surface area (Å²) >= 11 is 5.89. The Hall–Kier alpha value is -1.93. The summed E-state index contributed by atoms with van der Waals surface area (Å²) in [5, 5.41) is 15.6. The van der Waals surface area contributed by atoms with E-state index in [1.807, 2.05) is 17.0 Å². The number of hydrogen-bond acceptors (Lipinski definition) is 5. The van der Waals surface area contributed by atoms with E-state index >= 15 is 0 Å². The first-order valence-corrected chi connectivity index (χ1v) is 8.69. The largest absolute Gasteiger partial charge is 0.370 e. The third-order valence-electron chi connectivity index (χ3n) is 3.45. The van der Waals surface area contributed by atoms with E-state index in [4.69, 9.17) is 16.7 Å². The number of primary sulfonamides is 1. The monoisotopic (exact) mass is 351 g/mol. The molecule has 2 aromatic rings. The quantitative estimate of drug-likeness (QED) is 0.877. The van der Waals surface area contributed by atoms with Gasteiger partial charge < -0.3 is 10.0 Å². The van der Waals surface area contributed by atoms with Crippen LogP contribution in [0.15, 0.2) is 58.4 Å². The number of β-amino-alcohol motifs (C(OH)–C–C–N with tert-alkyl or cyclic N) is 1. The van der Waals surface area contributed by atoms with Crippen molar-refractivity contribution >= 4 is 33.1 Å². The Morgan fingerprint density at radius 2 is 1.74 bits per heavy atom. The highest BCUT2D eigenvalue weighted by Gasteiger charge is 2.26. The van der Waals surface area contributed by atoms with Crippen LogP contribution in [0.3, 0.4) is 0 Å². The minimum Gasteiger partial charge on any atom is -0.370 e. The second-order valence-corrected chi connectivity index (χ2v) is 7.09. The van der Waals surface area contributed by atoms with Gasteiger partial charge in [0.2, 0.25) is 10.0 Å². The normalized spacial score (nSPS) is 18.1. The molecule has 1 aliphatic heterocycles. The predicted molar refractivity (Wildman–Crippen MR) is 89.2 cm³/mol. The number of sulfonamides is 1. The van der Waals surface area contributed by atoms with E-state index in [0.717, 1.165) is 5.69 Å². The van der Waals surface area contributed by atoms with E-state index in [1.54, 1.807) is 24.3 Å². The highest BCUT2D eigenvalue weighted by Crippen LogP contribution is 2.25. The van der Waals surface area contributed by atoms with Crippen LogP contribution in [0.25, 0.3) is 0 Å². The van der Waals surface area contributed by atoms with Crippen molar-refractivity contribution < 1.29 is 13.5 Å². The molecule has 2 aromatic carbocycles. The summed E-state index contributed by atoms with van der Waals surface area (Å²) in [6.07, 6.45) is -0.849. The van der Waals surface area contributed by atoms with Crippen LogP contribution in [-0.4, -0.2) is 32.1 Å². The zero-order valence-electron chi connectivity index (χ0n) is 11.9. The Bertz CT molecular complexity index is 849. The van der Waals surface area contributed by atoms with E-state index < -0.39 is 16.3 Å². The molecule has 120 valence electrons. The zero-order chi connectivity index (χ0) is 16.6. The molecule has 3 rings (SSSR count). The lowest BCUT2D eigenvalue weighted by Crippen LogP contribution is -2.29. The molecule has 0 aliphatic carbocycles. The summed E-state index contributed by atoms with van der Waals surface area (Å²) < 4.78 is 22.6. The van der Waals surface area contributed by atoms with Crippen LogP contribution in [-0.2, 0) is 10.0 Å². The van der Waals surface area contributed by atoms with Crippen molar-refractivity contribution in [1.82, 2.24) is 0 Å². The van der Waals surface area contributed by atoms with E-state index in [2.05, 4.69) is 4.99 Å². The molecule has 0 saturated heterocycles. The van der Waals surface area contributed by atoms with Crippen molar-refractivity contribution in [2.75, 3.05) is 11.4 Å². The van der Waals surface area contributed by atoms with Crippen molar-refractivity contribution in [2.24, 2.45) is 10.1 Å². The molecule has 1 aliphatic rings. The summed E-state index contributed by atoms with van der Waals surface area (Å²) in [5.41, 5.74) is 1.52. The van der Waals surface area contributed by atoms with E-state index in [9.17, 15) is 13.5 Å². The molecular formula is C15H14ClN3O3S. The average Bonchev–Trinajstić information content (AvgIpc) is 2.89. The molecule has 0 radical (unpaired) electrons. The first-order valence-electron chi connectivity index (χ1n) is 6.77.